The SMILES string of the molecule is O=C(NCc1ccc(C(F)(F)F)cc1)C1CCN(c2ccc3nnc(C(F)(F)F)n3n2)CC1. The number of carbonyl (C=O) groups excluding carboxylic acids is 1. The van der Waals surface area contributed by atoms with Crippen molar-refractivity contribution in [2.24, 2.45) is 5.92 Å². The summed E-state index contributed by atoms with van der Waals surface area (Å²) in [5.41, 5.74) is -0.241. The second-order valence-corrected chi connectivity index (χ2v) is 7.66. The van der Waals surface area contributed by atoms with Gasteiger partial charge in [-0.25, -0.2) is 0 Å². The lowest BCUT2D eigenvalue weighted by molar-refractivity contribution is -0.146. The van der Waals surface area contributed by atoms with Gasteiger partial charge in [-0.2, -0.15) is 30.9 Å². The summed E-state index contributed by atoms with van der Waals surface area (Å²) >= 11 is 0. The molecule has 1 aliphatic rings. The molecule has 1 saturated heterocycles. The largest absolute Gasteiger partial charge is 0.453 e. The predicted octanol–water partition coefficient (Wildman–Crippen LogP) is 3.69. The highest BCUT2D eigenvalue weighted by molar-refractivity contribution is 5.79. The second-order valence-electron chi connectivity index (χ2n) is 7.66. The van der Waals surface area contributed by atoms with Gasteiger partial charge in [0.15, 0.2) is 5.65 Å². The molecule has 3 aromatic rings. The molecule has 0 atom stereocenters. The van der Waals surface area contributed by atoms with E-state index in [0.29, 0.717) is 41.8 Å². The lowest BCUT2D eigenvalue weighted by atomic mass is 9.96. The van der Waals surface area contributed by atoms with Crippen molar-refractivity contribution in [3.05, 3.63) is 53.3 Å². The zero-order valence-electron chi connectivity index (χ0n) is 17.0. The van der Waals surface area contributed by atoms with E-state index >= 15 is 0 Å². The summed E-state index contributed by atoms with van der Waals surface area (Å²) in [6.07, 6.45) is -8.21. The number of nitrogens with one attached hydrogen (secondary N) is 1. The van der Waals surface area contributed by atoms with Gasteiger partial charge in [0.05, 0.1) is 5.56 Å². The summed E-state index contributed by atoms with van der Waals surface area (Å²) in [7, 11) is 0. The van der Waals surface area contributed by atoms with Crippen molar-refractivity contribution in [3.8, 4) is 0 Å². The first-order chi connectivity index (χ1) is 15.5. The number of amides is 1. The Morgan fingerprint density at radius 1 is 0.939 bits per heavy atom. The molecule has 2 aromatic heterocycles. The van der Waals surface area contributed by atoms with Crippen molar-refractivity contribution in [2.45, 2.75) is 31.7 Å². The minimum atomic E-state index is -4.69. The van der Waals surface area contributed by atoms with Crippen LogP contribution in [0.5, 0.6) is 0 Å². The van der Waals surface area contributed by atoms with Crippen LogP contribution in [0, 0.1) is 5.92 Å². The molecular weight excluding hydrogens is 454 g/mol. The fourth-order valence-corrected chi connectivity index (χ4v) is 3.64. The normalized spacial score (nSPS) is 15.8. The van der Waals surface area contributed by atoms with Gasteiger partial charge >= 0.3 is 12.4 Å². The number of nitrogens with zero attached hydrogens (tertiary/aromatic N) is 5. The highest BCUT2D eigenvalue weighted by atomic mass is 19.4. The molecule has 1 fully saturated rings. The summed E-state index contributed by atoms with van der Waals surface area (Å²) in [5.74, 6) is -1.44. The van der Waals surface area contributed by atoms with E-state index in [1.807, 2.05) is 0 Å². The van der Waals surface area contributed by atoms with Crippen LogP contribution >= 0.6 is 0 Å². The molecule has 176 valence electrons. The zero-order valence-corrected chi connectivity index (χ0v) is 17.0. The molecule has 1 aliphatic heterocycles. The van der Waals surface area contributed by atoms with Gasteiger partial charge < -0.3 is 10.2 Å². The van der Waals surface area contributed by atoms with Crippen LogP contribution in [-0.2, 0) is 23.7 Å². The van der Waals surface area contributed by atoms with Crippen molar-refractivity contribution in [2.75, 3.05) is 18.0 Å². The van der Waals surface area contributed by atoms with Crippen LogP contribution < -0.4 is 10.2 Å². The molecule has 1 aromatic carbocycles. The smallest absolute Gasteiger partial charge is 0.355 e. The topological polar surface area (TPSA) is 75.4 Å². The molecule has 0 bridgehead atoms. The van der Waals surface area contributed by atoms with Crippen LogP contribution in [0.25, 0.3) is 5.65 Å². The molecule has 13 heteroatoms. The number of hydrogen-bond donors (Lipinski definition) is 1. The van der Waals surface area contributed by atoms with E-state index in [9.17, 15) is 31.1 Å². The Bertz CT molecular complexity index is 1130. The molecule has 0 radical (unpaired) electrons. The first-order valence-electron chi connectivity index (χ1n) is 10.0. The average molecular weight is 472 g/mol. The molecule has 33 heavy (non-hydrogen) atoms. The minimum absolute atomic E-state index is 0.0244. The molecule has 0 aliphatic carbocycles. The number of alkyl halides is 6. The van der Waals surface area contributed by atoms with E-state index in [2.05, 4.69) is 20.6 Å². The number of fused-ring (bicyclic) bond motifs is 1. The van der Waals surface area contributed by atoms with Crippen molar-refractivity contribution in [1.82, 2.24) is 25.1 Å². The third-order valence-corrected chi connectivity index (χ3v) is 5.44. The Morgan fingerprint density at radius 2 is 1.61 bits per heavy atom. The van der Waals surface area contributed by atoms with Crippen molar-refractivity contribution >= 4 is 17.4 Å². The first-order valence-corrected chi connectivity index (χ1v) is 10.0. The lowest BCUT2D eigenvalue weighted by Crippen LogP contribution is -2.40. The van der Waals surface area contributed by atoms with Crippen LogP contribution in [0.4, 0.5) is 32.2 Å². The third-order valence-electron chi connectivity index (χ3n) is 5.44. The minimum Gasteiger partial charge on any atom is -0.355 e. The molecule has 0 spiro atoms. The summed E-state index contributed by atoms with van der Waals surface area (Å²) in [6.45, 7) is 0.907. The Hall–Kier alpha value is -3.38. The predicted molar refractivity (Wildman–Crippen MR) is 104 cm³/mol. The number of hydrogen-bond acceptors (Lipinski definition) is 5. The van der Waals surface area contributed by atoms with Crippen LogP contribution in [0.1, 0.15) is 29.8 Å². The lowest BCUT2D eigenvalue weighted by Gasteiger charge is -2.32. The third kappa shape index (κ3) is 5.01. The highest BCUT2D eigenvalue weighted by Gasteiger charge is 2.38. The zero-order chi connectivity index (χ0) is 23.8. The van der Waals surface area contributed by atoms with Crippen LogP contribution in [-0.4, -0.2) is 38.8 Å². The van der Waals surface area contributed by atoms with Crippen LogP contribution in [0.2, 0.25) is 0 Å². The van der Waals surface area contributed by atoms with E-state index in [0.717, 1.165) is 12.1 Å². The molecule has 1 N–H and O–H groups in total. The molecule has 3 heterocycles. The van der Waals surface area contributed by atoms with E-state index in [1.54, 1.807) is 11.0 Å². The Balaban J connectivity index is 1.33. The Kier molecular flexibility index (Phi) is 5.89. The van der Waals surface area contributed by atoms with Gasteiger partial charge in [-0.1, -0.05) is 12.1 Å². The van der Waals surface area contributed by atoms with E-state index in [-0.39, 0.29) is 24.0 Å². The Labute approximate surface area is 183 Å². The van der Waals surface area contributed by atoms with Gasteiger partial charge in [0.1, 0.15) is 5.82 Å². The fourth-order valence-electron chi connectivity index (χ4n) is 3.64. The first kappa shape index (κ1) is 22.8. The monoisotopic (exact) mass is 472 g/mol. The van der Waals surface area contributed by atoms with Crippen LogP contribution in [0.3, 0.4) is 0 Å². The summed E-state index contributed by atoms with van der Waals surface area (Å²) < 4.78 is 77.7. The number of anilines is 1. The van der Waals surface area contributed by atoms with Gasteiger partial charge in [0.25, 0.3) is 5.82 Å². The van der Waals surface area contributed by atoms with Gasteiger partial charge in [-0.15, -0.1) is 15.3 Å². The number of halogens is 6. The van der Waals surface area contributed by atoms with E-state index in [1.165, 1.54) is 18.2 Å². The molecule has 7 nitrogen and oxygen atoms in total. The maximum Gasteiger partial charge on any atom is 0.453 e. The van der Waals surface area contributed by atoms with Crippen molar-refractivity contribution in [1.29, 1.82) is 0 Å². The maximum absolute atomic E-state index is 13.1. The number of benzene rings is 1. The summed E-state index contributed by atoms with van der Waals surface area (Å²) in [6, 6.07) is 7.50. The number of carbonyl (C=O) groups is 1. The number of aromatic nitrogens is 4. The van der Waals surface area contributed by atoms with Crippen LogP contribution in [0.15, 0.2) is 36.4 Å². The van der Waals surface area contributed by atoms with E-state index in [4.69, 9.17) is 0 Å². The van der Waals surface area contributed by atoms with Gasteiger partial charge in [-0.3, -0.25) is 4.79 Å². The molecule has 0 saturated carbocycles. The van der Waals surface area contributed by atoms with Crippen molar-refractivity contribution in [3.63, 3.8) is 0 Å². The molecule has 4 rings (SSSR count). The molecular formula is C20H18F6N6O. The Morgan fingerprint density at radius 3 is 2.21 bits per heavy atom. The number of rotatable bonds is 4. The standard InChI is InChI=1S/C20H18F6N6O/c21-19(22,23)14-3-1-12(2-4-14)11-27-17(33)13-7-9-31(10-8-13)16-6-5-15-28-29-18(20(24,25)26)32(15)30-16/h1-6,13H,7-11H2,(H,27,33). The molecule has 1 amide bonds. The maximum atomic E-state index is 13.1. The van der Waals surface area contributed by atoms with Gasteiger partial charge in [-0.05, 0) is 42.7 Å². The van der Waals surface area contributed by atoms with E-state index < -0.39 is 23.7 Å². The van der Waals surface area contributed by atoms with Gasteiger partial charge in [0, 0.05) is 25.6 Å². The summed E-state index contributed by atoms with van der Waals surface area (Å²) in [5, 5.41) is 13.4. The van der Waals surface area contributed by atoms with Gasteiger partial charge in [0.2, 0.25) is 5.91 Å². The second kappa shape index (κ2) is 8.52. The fraction of sp³-hybridized carbons (Fsp3) is 0.400. The highest BCUT2D eigenvalue weighted by Crippen LogP contribution is 2.30. The quantitative estimate of drug-likeness (QED) is 0.587. The number of piperidine rings is 1. The average Bonchev–Trinajstić information content (AvgIpc) is 3.21. The molecule has 0 unspecified atom stereocenters. The summed E-state index contributed by atoms with van der Waals surface area (Å²) in [4.78, 5) is 14.2. The van der Waals surface area contributed by atoms with Crippen molar-refractivity contribution < 1.29 is 31.1 Å².